The highest BCUT2D eigenvalue weighted by Gasteiger charge is 2.16. The van der Waals surface area contributed by atoms with Crippen LogP contribution in [0.15, 0.2) is 34.0 Å². The van der Waals surface area contributed by atoms with Gasteiger partial charge >= 0.3 is 0 Å². The Morgan fingerprint density at radius 1 is 1.14 bits per heavy atom. The molecule has 1 saturated heterocycles. The summed E-state index contributed by atoms with van der Waals surface area (Å²) in [6.45, 7) is 4.34. The Bertz CT molecular complexity index is 772. The Hall–Kier alpha value is -1.85. The average molecular weight is 298 g/mol. The van der Waals surface area contributed by atoms with Crippen LogP contribution in [0.2, 0.25) is 0 Å². The van der Waals surface area contributed by atoms with Crippen LogP contribution in [0, 0.1) is 0 Å². The molecule has 1 aromatic heterocycles. The number of hydrogen-bond acceptors (Lipinski definition) is 5. The van der Waals surface area contributed by atoms with Crippen LogP contribution in [-0.4, -0.2) is 38.1 Å². The quantitative estimate of drug-likeness (QED) is 0.868. The third kappa shape index (κ3) is 2.32. The molecule has 0 amide bonds. The molecule has 2 aliphatic rings. The number of hydrogen-bond donors (Lipinski definition) is 1. The third-order valence-corrected chi connectivity index (χ3v) is 4.88. The van der Waals surface area contributed by atoms with Crippen molar-refractivity contribution in [3.8, 4) is 0 Å². The van der Waals surface area contributed by atoms with Crippen molar-refractivity contribution in [1.82, 2.24) is 4.90 Å². The van der Waals surface area contributed by atoms with Crippen LogP contribution in [-0.2, 0) is 0 Å². The van der Waals surface area contributed by atoms with Gasteiger partial charge < -0.3 is 15.1 Å². The van der Waals surface area contributed by atoms with Crippen molar-refractivity contribution in [2.24, 2.45) is 4.99 Å². The van der Waals surface area contributed by atoms with Gasteiger partial charge in [0.15, 0.2) is 0 Å². The molecule has 108 valence electrons. The molecule has 0 atom stereocenters. The molecule has 0 radical (unpaired) electrons. The Labute approximate surface area is 128 Å². The number of para-hydroxylation sites is 1. The monoisotopic (exact) mass is 298 g/mol. The summed E-state index contributed by atoms with van der Waals surface area (Å²) >= 11 is 1.68. The lowest BCUT2D eigenvalue weighted by atomic mass is 10.2. The van der Waals surface area contributed by atoms with Crippen LogP contribution < -0.4 is 20.8 Å². The van der Waals surface area contributed by atoms with Gasteiger partial charge in [0, 0.05) is 48.4 Å². The second-order valence-corrected chi connectivity index (χ2v) is 6.32. The van der Waals surface area contributed by atoms with Crippen LogP contribution in [0.25, 0.3) is 6.20 Å². The van der Waals surface area contributed by atoms with Crippen molar-refractivity contribution in [3.63, 3.8) is 0 Å². The van der Waals surface area contributed by atoms with Gasteiger partial charge in [0.25, 0.3) is 0 Å². The summed E-state index contributed by atoms with van der Waals surface area (Å²) in [6, 6.07) is 6.44. The first-order valence-corrected chi connectivity index (χ1v) is 8.20. The van der Waals surface area contributed by atoms with Crippen LogP contribution in [0.5, 0.6) is 0 Å². The highest BCUT2D eigenvalue weighted by atomic mass is 32.1. The van der Waals surface area contributed by atoms with Gasteiger partial charge in [0.2, 0.25) is 0 Å². The number of likely N-dealkylation sites (N-methyl/N-ethyl adjacent to an activating group) is 1. The van der Waals surface area contributed by atoms with Crippen LogP contribution in [0.4, 0.5) is 17.1 Å². The van der Waals surface area contributed by atoms with Gasteiger partial charge in [-0.1, -0.05) is 12.1 Å². The average Bonchev–Trinajstić information content (AvgIpc) is 2.87. The highest BCUT2D eigenvalue weighted by molar-refractivity contribution is 7.08. The molecular weight excluding hydrogens is 280 g/mol. The lowest BCUT2D eigenvalue weighted by molar-refractivity contribution is 0.312. The summed E-state index contributed by atoms with van der Waals surface area (Å²) in [6.07, 6.45) is 2.07. The number of nitrogens with one attached hydrogen (secondary N) is 1. The molecule has 4 rings (SSSR count). The van der Waals surface area contributed by atoms with Crippen molar-refractivity contribution < 1.29 is 0 Å². The van der Waals surface area contributed by atoms with Crippen molar-refractivity contribution in [3.05, 3.63) is 39.5 Å². The molecule has 0 unspecified atom stereocenters. The minimum absolute atomic E-state index is 1.04. The predicted molar refractivity (Wildman–Crippen MR) is 89.0 cm³/mol. The van der Waals surface area contributed by atoms with Crippen molar-refractivity contribution in [2.75, 3.05) is 43.4 Å². The van der Waals surface area contributed by atoms with E-state index in [1.807, 2.05) is 0 Å². The topological polar surface area (TPSA) is 30.9 Å². The SMILES string of the molecule is CN1CCN(c2cccc3c2=Nc2cscc2NC=3)CC1. The van der Waals surface area contributed by atoms with E-state index in [1.165, 1.54) is 5.69 Å². The Morgan fingerprint density at radius 2 is 2.00 bits per heavy atom. The smallest absolute Gasteiger partial charge is 0.0979 e. The molecule has 3 heterocycles. The van der Waals surface area contributed by atoms with E-state index in [-0.39, 0.29) is 0 Å². The van der Waals surface area contributed by atoms with Gasteiger partial charge in [-0.2, -0.15) is 0 Å². The first-order chi connectivity index (χ1) is 10.3. The lowest BCUT2D eigenvalue weighted by Crippen LogP contribution is -2.47. The van der Waals surface area contributed by atoms with Gasteiger partial charge in [-0.15, -0.1) is 11.3 Å². The molecule has 21 heavy (non-hydrogen) atoms. The number of thiophene rings is 1. The standard InChI is InChI=1S/C16H18N4S/c1-19-5-7-20(8-6-19)15-4-2-3-12-9-17-13-10-21-11-14(13)18-16(12)15/h2-4,9-11,17H,5-8H2,1H3. The van der Waals surface area contributed by atoms with Crippen LogP contribution >= 0.6 is 11.3 Å². The molecule has 5 heteroatoms. The van der Waals surface area contributed by atoms with Crippen LogP contribution in [0.1, 0.15) is 0 Å². The van der Waals surface area contributed by atoms with Gasteiger partial charge in [-0.05, 0) is 13.1 Å². The van der Waals surface area contributed by atoms with Gasteiger partial charge in [0.05, 0.1) is 22.4 Å². The highest BCUT2D eigenvalue weighted by Crippen LogP contribution is 2.29. The second-order valence-electron chi connectivity index (χ2n) is 5.58. The Morgan fingerprint density at radius 3 is 2.86 bits per heavy atom. The Balaban J connectivity index is 1.85. The van der Waals surface area contributed by atoms with E-state index in [0.29, 0.717) is 0 Å². The van der Waals surface area contributed by atoms with Crippen molar-refractivity contribution in [1.29, 1.82) is 0 Å². The predicted octanol–water partition coefficient (Wildman–Crippen LogP) is 1.61. The summed E-state index contributed by atoms with van der Waals surface area (Å²) in [5.41, 5.74) is 3.38. The molecule has 4 nitrogen and oxygen atoms in total. The first kappa shape index (κ1) is 12.9. The van der Waals surface area contributed by atoms with E-state index in [2.05, 4.69) is 57.3 Å². The number of piperazine rings is 1. The van der Waals surface area contributed by atoms with E-state index in [0.717, 1.165) is 48.1 Å². The van der Waals surface area contributed by atoms with Gasteiger partial charge in [0.1, 0.15) is 0 Å². The minimum Gasteiger partial charge on any atom is -0.367 e. The van der Waals surface area contributed by atoms with E-state index in [9.17, 15) is 0 Å². The van der Waals surface area contributed by atoms with Crippen LogP contribution in [0.3, 0.4) is 0 Å². The van der Waals surface area contributed by atoms with E-state index in [4.69, 9.17) is 4.99 Å². The lowest BCUT2D eigenvalue weighted by Gasteiger charge is -2.34. The number of rotatable bonds is 1. The summed E-state index contributed by atoms with van der Waals surface area (Å²) in [5, 5.41) is 9.82. The molecule has 0 spiro atoms. The zero-order valence-electron chi connectivity index (χ0n) is 12.0. The molecule has 2 aliphatic heterocycles. The molecule has 0 saturated carbocycles. The Kier molecular flexibility index (Phi) is 3.16. The fraction of sp³-hybridized carbons (Fsp3) is 0.312. The first-order valence-electron chi connectivity index (χ1n) is 7.25. The fourth-order valence-corrected chi connectivity index (χ4v) is 3.55. The van der Waals surface area contributed by atoms with E-state index >= 15 is 0 Å². The van der Waals surface area contributed by atoms with E-state index < -0.39 is 0 Å². The van der Waals surface area contributed by atoms with E-state index in [1.54, 1.807) is 11.3 Å². The number of benzene rings is 1. The molecule has 1 N–H and O–H groups in total. The van der Waals surface area contributed by atoms with Gasteiger partial charge in [-0.25, -0.2) is 4.99 Å². The molecule has 0 aliphatic carbocycles. The zero-order chi connectivity index (χ0) is 14.2. The minimum atomic E-state index is 1.04. The largest absolute Gasteiger partial charge is 0.367 e. The summed E-state index contributed by atoms with van der Waals surface area (Å²) in [7, 11) is 2.18. The molecule has 1 aromatic carbocycles. The fourth-order valence-electron chi connectivity index (χ4n) is 2.85. The molecule has 0 bridgehead atoms. The maximum Gasteiger partial charge on any atom is 0.0979 e. The number of fused-ring (bicyclic) bond motifs is 2. The van der Waals surface area contributed by atoms with Gasteiger partial charge in [-0.3, -0.25) is 0 Å². The van der Waals surface area contributed by atoms with Crippen molar-refractivity contribution >= 4 is 34.6 Å². The maximum absolute atomic E-state index is 4.92. The second kappa shape index (κ2) is 5.16. The summed E-state index contributed by atoms with van der Waals surface area (Å²) in [5.74, 6) is 0. The molecular formula is C16H18N4S. The third-order valence-electron chi connectivity index (χ3n) is 4.15. The zero-order valence-corrected chi connectivity index (χ0v) is 12.9. The molecule has 1 fully saturated rings. The number of anilines is 2. The normalized spacial score (nSPS) is 17.9. The number of nitrogens with zero attached hydrogens (tertiary/aromatic N) is 3. The summed E-state index contributed by atoms with van der Waals surface area (Å²) < 4.78 is 0. The maximum atomic E-state index is 4.92. The summed E-state index contributed by atoms with van der Waals surface area (Å²) in [4.78, 5) is 9.75. The van der Waals surface area contributed by atoms with Crippen molar-refractivity contribution in [2.45, 2.75) is 0 Å². The molecule has 2 aromatic rings.